The molecule has 1 rings (SSSR count). The summed E-state index contributed by atoms with van der Waals surface area (Å²) in [5, 5.41) is 1.93. The van der Waals surface area contributed by atoms with Crippen LogP contribution in [0.25, 0.3) is 0 Å². The minimum absolute atomic E-state index is 0.0182. The highest BCUT2D eigenvalue weighted by Gasteiger charge is 2.13. The lowest BCUT2D eigenvalue weighted by Crippen LogP contribution is -2.00. The van der Waals surface area contributed by atoms with Crippen LogP contribution in [0.4, 0.5) is 0 Å². The van der Waals surface area contributed by atoms with Gasteiger partial charge in [-0.1, -0.05) is 50.7 Å². The second-order valence-corrected chi connectivity index (χ2v) is 5.33. The molecule has 0 saturated carbocycles. The summed E-state index contributed by atoms with van der Waals surface area (Å²) in [7, 11) is 0. The zero-order valence-corrected chi connectivity index (χ0v) is 12.3. The van der Waals surface area contributed by atoms with Crippen LogP contribution in [-0.4, -0.2) is 11.1 Å². The third-order valence-electron chi connectivity index (χ3n) is 2.08. The second-order valence-electron chi connectivity index (χ2n) is 3.32. The molecule has 0 aromatic heterocycles. The number of hydrogen-bond acceptors (Lipinski definition) is 1. The number of benzene rings is 1. The largest absolute Gasteiger partial charge is 0.294 e. The molecule has 0 N–H and O–H groups in total. The average molecular weight is 344 g/mol. The van der Waals surface area contributed by atoms with Crippen LogP contribution in [0.15, 0.2) is 12.1 Å². The highest BCUT2D eigenvalue weighted by Crippen LogP contribution is 2.30. The van der Waals surface area contributed by atoms with Crippen molar-refractivity contribution >= 4 is 56.5 Å². The maximum Gasteiger partial charge on any atom is 0.164 e. The molecule has 1 aromatic carbocycles. The van der Waals surface area contributed by atoms with Gasteiger partial charge in [-0.05, 0) is 25.0 Å². The van der Waals surface area contributed by atoms with E-state index in [0.29, 0.717) is 22.0 Å². The Morgan fingerprint density at radius 3 is 2.50 bits per heavy atom. The zero-order valence-electron chi connectivity index (χ0n) is 8.40. The van der Waals surface area contributed by atoms with Crippen LogP contribution in [0, 0.1) is 0 Å². The highest BCUT2D eigenvalue weighted by atomic mass is 79.9. The van der Waals surface area contributed by atoms with Crippen molar-refractivity contribution in [3.05, 3.63) is 32.8 Å². The standard InChI is InChI=1S/C11H10BrCl3O/c12-4-2-1-3-10(16)8-5-7(13)6-9(14)11(8)15/h5-6H,1-4H2. The number of hydrogen-bond donors (Lipinski definition) is 0. The Morgan fingerprint density at radius 1 is 1.19 bits per heavy atom. The summed E-state index contributed by atoms with van der Waals surface area (Å²) in [6.07, 6.45) is 2.24. The number of rotatable bonds is 5. The summed E-state index contributed by atoms with van der Waals surface area (Å²) in [6.45, 7) is 0. The number of carbonyl (C=O) groups is 1. The van der Waals surface area contributed by atoms with Gasteiger partial charge in [-0.3, -0.25) is 4.79 Å². The summed E-state index contributed by atoms with van der Waals surface area (Å²) in [6, 6.07) is 3.09. The monoisotopic (exact) mass is 342 g/mol. The summed E-state index contributed by atoms with van der Waals surface area (Å²) >= 11 is 20.9. The van der Waals surface area contributed by atoms with Gasteiger partial charge < -0.3 is 0 Å². The van der Waals surface area contributed by atoms with E-state index in [1.165, 1.54) is 6.07 Å². The Hall–Kier alpha value is 0.240. The molecule has 1 nitrogen and oxygen atoms in total. The summed E-state index contributed by atoms with van der Waals surface area (Å²) in [5.41, 5.74) is 0.411. The first kappa shape index (κ1) is 14.3. The zero-order chi connectivity index (χ0) is 12.1. The van der Waals surface area contributed by atoms with Gasteiger partial charge in [-0.25, -0.2) is 0 Å². The number of carbonyl (C=O) groups excluding carboxylic acids is 1. The van der Waals surface area contributed by atoms with Crippen molar-refractivity contribution in [3.8, 4) is 0 Å². The maximum atomic E-state index is 11.8. The maximum absolute atomic E-state index is 11.8. The van der Waals surface area contributed by atoms with Gasteiger partial charge >= 0.3 is 0 Å². The van der Waals surface area contributed by atoms with Crippen LogP contribution < -0.4 is 0 Å². The first-order valence-electron chi connectivity index (χ1n) is 4.80. The first-order chi connectivity index (χ1) is 7.56. The van der Waals surface area contributed by atoms with Crippen LogP contribution in [0.1, 0.15) is 29.6 Å². The lowest BCUT2D eigenvalue weighted by molar-refractivity contribution is 0.0980. The number of unbranched alkanes of at least 4 members (excludes halogenated alkanes) is 1. The third kappa shape index (κ3) is 3.92. The van der Waals surface area contributed by atoms with E-state index in [9.17, 15) is 4.79 Å². The van der Waals surface area contributed by atoms with E-state index in [0.717, 1.165) is 18.2 Å². The molecule has 0 bridgehead atoms. The van der Waals surface area contributed by atoms with Gasteiger partial charge in [0.1, 0.15) is 0 Å². The quantitative estimate of drug-likeness (QED) is 0.303. The van der Waals surface area contributed by atoms with Gasteiger partial charge in [0.25, 0.3) is 0 Å². The number of Topliss-reactive ketones (excluding diaryl/α,β-unsaturated/α-hetero) is 1. The van der Waals surface area contributed by atoms with Crippen molar-refractivity contribution in [2.24, 2.45) is 0 Å². The van der Waals surface area contributed by atoms with Gasteiger partial charge in [-0.2, -0.15) is 0 Å². The van der Waals surface area contributed by atoms with E-state index in [-0.39, 0.29) is 10.8 Å². The van der Waals surface area contributed by atoms with Crippen LogP contribution in [0.3, 0.4) is 0 Å². The average Bonchev–Trinajstić information content (AvgIpc) is 2.23. The topological polar surface area (TPSA) is 17.1 Å². The molecule has 0 atom stereocenters. The van der Waals surface area contributed by atoms with E-state index >= 15 is 0 Å². The Morgan fingerprint density at radius 2 is 1.88 bits per heavy atom. The lowest BCUT2D eigenvalue weighted by atomic mass is 10.1. The van der Waals surface area contributed by atoms with E-state index in [2.05, 4.69) is 15.9 Å². The molecule has 16 heavy (non-hydrogen) atoms. The molecule has 0 aliphatic heterocycles. The normalized spacial score (nSPS) is 10.5. The first-order valence-corrected chi connectivity index (χ1v) is 7.05. The second kappa shape index (κ2) is 6.85. The molecular weight excluding hydrogens is 334 g/mol. The molecule has 0 radical (unpaired) electrons. The summed E-state index contributed by atoms with van der Waals surface area (Å²) < 4.78 is 0. The van der Waals surface area contributed by atoms with E-state index in [1.807, 2.05) is 0 Å². The highest BCUT2D eigenvalue weighted by molar-refractivity contribution is 9.09. The summed E-state index contributed by atoms with van der Waals surface area (Å²) in [5.74, 6) is -0.0182. The fraction of sp³-hybridized carbons (Fsp3) is 0.364. The molecule has 0 unspecified atom stereocenters. The predicted molar refractivity (Wildman–Crippen MR) is 73.4 cm³/mol. The molecule has 0 spiro atoms. The lowest BCUT2D eigenvalue weighted by Gasteiger charge is -2.05. The van der Waals surface area contributed by atoms with Crippen LogP contribution in [0.5, 0.6) is 0 Å². The smallest absolute Gasteiger partial charge is 0.164 e. The molecule has 0 heterocycles. The van der Waals surface area contributed by atoms with Crippen molar-refractivity contribution in [3.63, 3.8) is 0 Å². The molecule has 0 saturated heterocycles. The number of halogens is 4. The Labute approximate surface area is 118 Å². The van der Waals surface area contributed by atoms with Crippen molar-refractivity contribution in [2.45, 2.75) is 19.3 Å². The molecule has 0 aliphatic carbocycles. The van der Waals surface area contributed by atoms with Crippen LogP contribution in [0.2, 0.25) is 15.1 Å². The minimum atomic E-state index is -0.0182. The number of ketones is 1. The molecule has 5 heteroatoms. The van der Waals surface area contributed by atoms with Gasteiger partial charge in [-0.15, -0.1) is 0 Å². The Kier molecular flexibility index (Phi) is 6.12. The van der Waals surface area contributed by atoms with Crippen LogP contribution in [-0.2, 0) is 0 Å². The van der Waals surface area contributed by atoms with Gasteiger partial charge in [0.2, 0.25) is 0 Å². The molecule has 0 amide bonds. The third-order valence-corrected chi connectivity index (χ3v) is 3.66. The fourth-order valence-corrected chi connectivity index (χ4v) is 2.38. The van der Waals surface area contributed by atoms with Crippen molar-refractivity contribution in [2.75, 3.05) is 5.33 Å². The Balaban J connectivity index is 2.82. The van der Waals surface area contributed by atoms with Crippen molar-refractivity contribution in [1.82, 2.24) is 0 Å². The predicted octanol–water partition coefficient (Wildman–Crippen LogP) is 5.39. The number of alkyl halides is 1. The van der Waals surface area contributed by atoms with Gasteiger partial charge in [0, 0.05) is 22.3 Å². The SMILES string of the molecule is O=C(CCCCBr)c1cc(Cl)cc(Cl)c1Cl. The van der Waals surface area contributed by atoms with E-state index < -0.39 is 0 Å². The van der Waals surface area contributed by atoms with E-state index in [1.54, 1.807) is 6.07 Å². The molecule has 0 aliphatic rings. The molecule has 88 valence electrons. The van der Waals surface area contributed by atoms with Gasteiger partial charge in [0.05, 0.1) is 10.0 Å². The van der Waals surface area contributed by atoms with Gasteiger partial charge in [0.15, 0.2) is 5.78 Å². The molecular formula is C11H10BrCl3O. The Bertz CT molecular complexity index is 393. The fourth-order valence-electron chi connectivity index (χ4n) is 1.27. The van der Waals surface area contributed by atoms with Crippen LogP contribution >= 0.6 is 50.7 Å². The summed E-state index contributed by atoms with van der Waals surface area (Å²) in [4.78, 5) is 11.8. The minimum Gasteiger partial charge on any atom is -0.294 e. The molecule has 1 aromatic rings. The molecule has 0 fully saturated rings. The van der Waals surface area contributed by atoms with Crippen molar-refractivity contribution in [1.29, 1.82) is 0 Å². The van der Waals surface area contributed by atoms with Crippen molar-refractivity contribution < 1.29 is 4.79 Å². The van der Waals surface area contributed by atoms with E-state index in [4.69, 9.17) is 34.8 Å².